The van der Waals surface area contributed by atoms with Crippen molar-refractivity contribution in [2.24, 2.45) is 0 Å². The summed E-state index contributed by atoms with van der Waals surface area (Å²) >= 11 is 0. The molecule has 2 amide bonds. The molecule has 0 aliphatic carbocycles. The molecule has 0 aliphatic heterocycles. The van der Waals surface area contributed by atoms with Gasteiger partial charge in [0.25, 0.3) is 0 Å². The minimum absolute atomic E-state index is 0.274. The van der Waals surface area contributed by atoms with Crippen molar-refractivity contribution in [1.29, 1.82) is 0 Å². The predicted molar refractivity (Wildman–Crippen MR) is 86.0 cm³/mol. The first-order chi connectivity index (χ1) is 10.2. The zero-order valence-corrected chi connectivity index (χ0v) is 13.0. The molecule has 4 heteroatoms. The van der Waals surface area contributed by atoms with Crippen LogP contribution in [0.4, 0.5) is 14.9 Å². The van der Waals surface area contributed by atoms with E-state index in [1.54, 1.807) is 12.1 Å². The van der Waals surface area contributed by atoms with E-state index < -0.39 is 0 Å². The average Bonchev–Trinajstić information content (AvgIpc) is 2.45. The van der Waals surface area contributed by atoms with Crippen LogP contribution in [0.25, 0.3) is 0 Å². The normalized spacial score (nSPS) is 10.4. The number of halogens is 1. The fourth-order valence-electron chi connectivity index (χ4n) is 2.20. The number of anilines is 1. The molecule has 1 rings (SSSR count). The molecule has 0 aliphatic rings. The molecule has 0 unspecified atom stereocenters. The van der Waals surface area contributed by atoms with Crippen LogP contribution < -0.4 is 10.6 Å². The van der Waals surface area contributed by atoms with Crippen LogP contribution in [0.1, 0.15) is 58.3 Å². The van der Waals surface area contributed by atoms with Gasteiger partial charge in [0.2, 0.25) is 0 Å². The van der Waals surface area contributed by atoms with Crippen LogP contribution >= 0.6 is 0 Å². The summed E-state index contributed by atoms with van der Waals surface area (Å²) in [7, 11) is 0. The van der Waals surface area contributed by atoms with E-state index in [-0.39, 0.29) is 11.8 Å². The van der Waals surface area contributed by atoms with Gasteiger partial charge in [0.15, 0.2) is 0 Å². The third-order valence-corrected chi connectivity index (χ3v) is 3.40. The van der Waals surface area contributed by atoms with Crippen molar-refractivity contribution >= 4 is 11.7 Å². The second-order valence-electron chi connectivity index (χ2n) is 5.37. The van der Waals surface area contributed by atoms with Gasteiger partial charge >= 0.3 is 6.03 Å². The van der Waals surface area contributed by atoms with Crippen molar-refractivity contribution in [1.82, 2.24) is 5.32 Å². The van der Waals surface area contributed by atoms with Gasteiger partial charge in [0, 0.05) is 12.2 Å². The van der Waals surface area contributed by atoms with Gasteiger partial charge in [-0.25, -0.2) is 9.18 Å². The summed E-state index contributed by atoms with van der Waals surface area (Å²) in [5, 5.41) is 5.41. The number of rotatable bonds is 10. The number of unbranched alkanes of at least 4 members (excludes halogenated alkanes) is 7. The maximum atomic E-state index is 12.9. The van der Waals surface area contributed by atoms with Crippen molar-refractivity contribution in [2.45, 2.75) is 58.3 Å². The van der Waals surface area contributed by atoms with Gasteiger partial charge < -0.3 is 10.6 Å². The van der Waals surface area contributed by atoms with E-state index in [0.29, 0.717) is 12.2 Å². The summed E-state index contributed by atoms with van der Waals surface area (Å²) in [6, 6.07) is 5.62. The molecule has 0 saturated heterocycles. The Morgan fingerprint density at radius 1 is 1.05 bits per heavy atom. The first-order valence-corrected chi connectivity index (χ1v) is 8.03. The van der Waals surface area contributed by atoms with Gasteiger partial charge in [-0.1, -0.05) is 57.9 Å². The number of nitrogens with one attached hydrogen (secondary N) is 2. The highest BCUT2D eigenvalue weighted by atomic mass is 19.1. The largest absolute Gasteiger partial charge is 0.338 e. The van der Waals surface area contributed by atoms with Gasteiger partial charge in [0.05, 0.1) is 0 Å². The Balaban J connectivity index is 1.99. The summed E-state index contributed by atoms with van der Waals surface area (Å²) in [6.45, 7) is 2.89. The molecular weight excluding hydrogens is 267 g/mol. The highest BCUT2D eigenvalue weighted by molar-refractivity contribution is 5.89. The number of hydrogen-bond donors (Lipinski definition) is 2. The molecule has 1 aromatic carbocycles. The molecule has 0 saturated carbocycles. The van der Waals surface area contributed by atoms with Gasteiger partial charge in [-0.3, -0.25) is 0 Å². The first-order valence-electron chi connectivity index (χ1n) is 8.03. The lowest BCUT2D eigenvalue weighted by molar-refractivity contribution is 0.252. The Labute approximate surface area is 127 Å². The van der Waals surface area contributed by atoms with E-state index >= 15 is 0 Å². The minimum atomic E-state index is -0.351. The molecule has 2 N–H and O–H groups in total. The van der Waals surface area contributed by atoms with Crippen molar-refractivity contribution < 1.29 is 9.18 Å². The smallest absolute Gasteiger partial charge is 0.319 e. The lowest BCUT2D eigenvalue weighted by Crippen LogP contribution is -2.29. The van der Waals surface area contributed by atoms with Gasteiger partial charge in [0.1, 0.15) is 5.82 Å². The summed E-state index contributed by atoms with van der Waals surface area (Å²) in [5.41, 5.74) is 0.475. The lowest BCUT2D eigenvalue weighted by Gasteiger charge is -2.07. The molecule has 0 bridgehead atoms. The number of urea groups is 1. The molecule has 0 aromatic heterocycles. The van der Waals surface area contributed by atoms with Crippen LogP contribution in [0.15, 0.2) is 24.3 Å². The molecule has 118 valence electrons. The monoisotopic (exact) mass is 294 g/mol. The second-order valence-corrected chi connectivity index (χ2v) is 5.37. The van der Waals surface area contributed by atoms with Crippen LogP contribution in [-0.2, 0) is 0 Å². The fraction of sp³-hybridized carbons (Fsp3) is 0.588. The van der Waals surface area contributed by atoms with Crippen molar-refractivity contribution in [2.75, 3.05) is 11.9 Å². The molecule has 21 heavy (non-hydrogen) atoms. The summed E-state index contributed by atoms with van der Waals surface area (Å²) in [6.07, 6.45) is 9.93. The zero-order valence-electron chi connectivity index (χ0n) is 13.0. The van der Waals surface area contributed by atoms with E-state index in [1.165, 1.54) is 50.7 Å². The van der Waals surface area contributed by atoms with Gasteiger partial charge in [-0.05, 0) is 24.6 Å². The van der Waals surface area contributed by atoms with E-state index in [4.69, 9.17) is 0 Å². The quantitative estimate of drug-likeness (QED) is 0.580. The molecule has 0 fully saturated rings. The average molecular weight is 294 g/mol. The number of carbonyl (C=O) groups excluding carboxylic acids is 1. The van der Waals surface area contributed by atoms with E-state index in [0.717, 1.165) is 12.8 Å². The highest BCUT2D eigenvalue weighted by Crippen LogP contribution is 2.09. The van der Waals surface area contributed by atoms with Crippen LogP contribution in [0.3, 0.4) is 0 Å². The van der Waals surface area contributed by atoms with E-state index in [1.807, 2.05) is 0 Å². The standard InChI is InChI=1S/C17H27FN2O/c1-2-3-4-5-6-7-8-9-13-19-17(21)20-16-12-10-11-15(18)14-16/h10-12,14H,2-9,13H2,1H3,(H2,19,20,21). The Hall–Kier alpha value is -1.58. The van der Waals surface area contributed by atoms with Gasteiger partial charge in [-0.2, -0.15) is 0 Å². The SMILES string of the molecule is CCCCCCCCCCNC(=O)Nc1cccc(F)c1. The summed E-state index contributed by atoms with van der Waals surface area (Å²) in [4.78, 5) is 11.6. The molecule has 0 heterocycles. The number of benzene rings is 1. The van der Waals surface area contributed by atoms with E-state index in [9.17, 15) is 9.18 Å². The Bertz CT molecular complexity index is 410. The Morgan fingerprint density at radius 2 is 1.71 bits per heavy atom. The van der Waals surface area contributed by atoms with Crippen LogP contribution in [0.2, 0.25) is 0 Å². The maximum absolute atomic E-state index is 12.9. The number of hydrogen-bond acceptors (Lipinski definition) is 1. The van der Waals surface area contributed by atoms with E-state index in [2.05, 4.69) is 17.6 Å². The number of carbonyl (C=O) groups is 1. The molecule has 0 spiro atoms. The molecule has 3 nitrogen and oxygen atoms in total. The summed E-state index contributed by atoms with van der Waals surface area (Å²) < 4.78 is 12.9. The minimum Gasteiger partial charge on any atom is -0.338 e. The van der Waals surface area contributed by atoms with Crippen LogP contribution in [0.5, 0.6) is 0 Å². The third-order valence-electron chi connectivity index (χ3n) is 3.40. The highest BCUT2D eigenvalue weighted by Gasteiger charge is 2.01. The van der Waals surface area contributed by atoms with Crippen molar-refractivity contribution in [3.05, 3.63) is 30.1 Å². The first kappa shape index (κ1) is 17.5. The van der Waals surface area contributed by atoms with Crippen molar-refractivity contribution in [3.63, 3.8) is 0 Å². The Kier molecular flexibility index (Phi) is 9.25. The maximum Gasteiger partial charge on any atom is 0.319 e. The molecule has 0 atom stereocenters. The predicted octanol–water partition coefficient (Wildman–Crippen LogP) is 5.09. The topological polar surface area (TPSA) is 41.1 Å². The van der Waals surface area contributed by atoms with Crippen LogP contribution in [0, 0.1) is 5.82 Å². The Morgan fingerprint density at radius 3 is 2.38 bits per heavy atom. The molecular formula is C17H27FN2O. The van der Waals surface area contributed by atoms with Crippen LogP contribution in [-0.4, -0.2) is 12.6 Å². The zero-order chi connectivity index (χ0) is 15.3. The van der Waals surface area contributed by atoms with Gasteiger partial charge in [-0.15, -0.1) is 0 Å². The third kappa shape index (κ3) is 9.05. The lowest BCUT2D eigenvalue weighted by atomic mass is 10.1. The van der Waals surface area contributed by atoms with Crippen molar-refractivity contribution in [3.8, 4) is 0 Å². The molecule has 0 radical (unpaired) electrons. The second kappa shape index (κ2) is 11.1. The molecule has 1 aromatic rings. The number of amides is 2. The fourth-order valence-corrected chi connectivity index (χ4v) is 2.20. The summed E-state index contributed by atoms with van der Waals surface area (Å²) in [5.74, 6) is -0.351.